The molecular formula is C19H21ClFN7O2. The summed E-state index contributed by atoms with van der Waals surface area (Å²) in [5, 5.41) is 3.89. The average molecular weight is 434 g/mol. The van der Waals surface area contributed by atoms with E-state index >= 15 is 4.39 Å². The number of hydrogen-bond acceptors (Lipinski definition) is 9. The first-order valence-electron chi connectivity index (χ1n) is 9.32. The van der Waals surface area contributed by atoms with E-state index in [1.165, 1.54) is 14.2 Å². The summed E-state index contributed by atoms with van der Waals surface area (Å²) in [7, 11) is 2.88. The number of nitrogens with zero attached hydrogens (tertiary/aromatic N) is 5. The van der Waals surface area contributed by atoms with E-state index in [-0.39, 0.29) is 39.6 Å². The largest absolute Gasteiger partial charge is 0.480 e. The SMILES string of the molecule is COc1nc(N2CCNCC2)c2c(OC)nc(-c3nc(N)cc(C)c3Cl)c(F)c2n1. The Balaban J connectivity index is 2.04. The molecule has 3 aromatic heterocycles. The van der Waals surface area contributed by atoms with Crippen molar-refractivity contribution in [3.63, 3.8) is 0 Å². The molecule has 30 heavy (non-hydrogen) atoms. The number of nitrogens with two attached hydrogens (primary N) is 1. The van der Waals surface area contributed by atoms with Gasteiger partial charge in [-0.3, -0.25) is 0 Å². The second kappa shape index (κ2) is 8.04. The molecule has 3 N–H and O–H groups in total. The van der Waals surface area contributed by atoms with Gasteiger partial charge in [-0.05, 0) is 18.6 Å². The Morgan fingerprint density at radius 2 is 1.83 bits per heavy atom. The molecule has 0 radical (unpaired) electrons. The zero-order chi connectivity index (χ0) is 21.4. The van der Waals surface area contributed by atoms with Crippen molar-refractivity contribution in [1.82, 2.24) is 25.3 Å². The number of methoxy groups -OCH3 is 2. The van der Waals surface area contributed by atoms with Gasteiger partial charge in [-0.2, -0.15) is 9.97 Å². The van der Waals surface area contributed by atoms with Crippen LogP contribution in [0, 0.1) is 12.7 Å². The van der Waals surface area contributed by atoms with E-state index < -0.39 is 5.82 Å². The van der Waals surface area contributed by atoms with Gasteiger partial charge in [0.2, 0.25) is 5.88 Å². The molecular weight excluding hydrogens is 413 g/mol. The number of aromatic nitrogens is 4. The fourth-order valence-electron chi connectivity index (χ4n) is 3.44. The number of nitrogens with one attached hydrogen (secondary N) is 1. The molecule has 1 fully saturated rings. The summed E-state index contributed by atoms with van der Waals surface area (Å²) in [5.74, 6) is 0.155. The summed E-state index contributed by atoms with van der Waals surface area (Å²) in [6, 6.07) is 1.65. The van der Waals surface area contributed by atoms with E-state index in [4.69, 9.17) is 26.8 Å². The number of ether oxygens (including phenoxy) is 2. The number of nitrogen functional groups attached to an aromatic ring is 1. The summed E-state index contributed by atoms with van der Waals surface area (Å²) in [6.45, 7) is 4.67. The smallest absolute Gasteiger partial charge is 0.318 e. The predicted molar refractivity (Wildman–Crippen MR) is 113 cm³/mol. The molecule has 4 rings (SSSR count). The van der Waals surface area contributed by atoms with Crippen molar-refractivity contribution in [3.8, 4) is 23.3 Å². The first kappa shape index (κ1) is 20.3. The lowest BCUT2D eigenvalue weighted by Gasteiger charge is -2.29. The van der Waals surface area contributed by atoms with E-state index in [1.807, 2.05) is 4.90 Å². The van der Waals surface area contributed by atoms with Gasteiger partial charge < -0.3 is 25.4 Å². The average Bonchev–Trinajstić information content (AvgIpc) is 2.76. The lowest BCUT2D eigenvalue weighted by atomic mass is 10.1. The molecule has 3 aromatic rings. The maximum Gasteiger partial charge on any atom is 0.318 e. The van der Waals surface area contributed by atoms with Gasteiger partial charge in [0, 0.05) is 26.2 Å². The molecule has 0 bridgehead atoms. The molecule has 0 aromatic carbocycles. The zero-order valence-corrected chi connectivity index (χ0v) is 17.5. The molecule has 0 spiro atoms. The van der Waals surface area contributed by atoms with Crippen LogP contribution in [-0.4, -0.2) is 60.3 Å². The standard InChI is InChI=1S/C19H21ClFN7O2/c1-9-8-10(22)24-15(12(9)20)16-13(21)14-11(18(25-16)29-2)17(27-19(26-14)30-3)28-6-4-23-5-7-28/h8,23H,4-7H2,1-3H3,(H2,22,24). The highest BCUT2D eigenvalue weighted by molar-refractivity contribution is 6.33. The minimum absolute atomic E-state index is 0.00942. The van der Waals surface area contributed by atoms with Crippen LogP contribution in [-0.2, 0) is 0 Å². The number of aryl methyl sites for hydroxylation is 1. The lowest BCUT2D eigenvalue weighted by molar-refractivity contribution is 0.379. The van der Waals surface area contributed by atoms with Crippen LogP contribution in [0.2, 0.25) is 5.02 Å². The van der Waals surface area contributed by atoms with Gasteiger partial charge in [0.05, 0.1) is 19.2 Å². The molecule has 9 nitrogen and oxygen atoms in total. The number of hydrogen-bond donors (Lipinski definition) is 2. The summed E-state index contributed by atoms with van der Waals surface area (Å²) < 4.78 is 26.5. The van der Waals surface area contributed by atoms with Gasteiger partial charge in [0.25, 0.3) is 0 Å². The Hall–Kier alpha value is -2.98. The Bertz CT molecular complexity index is 1120. The van der Waals surface area contributed by atoms with E-state index in [0.717, 1.165) is 13.1 Å². The van der Waals surface area contributed by atoms with Crippen LogP contribution in [0.4, 0.5) is 16.0 Å². The molecule has 158 valence electrons. The van der Waals surface area contributed by atoms with Gasteiger partial charge in [0.1, 0.15) is 33.9 Å². The molecule has 0 aliphatic carbocycles. The third-order valence-corrected chi connectivity index (χ3v) is 5.37. The third kappa shape index (κ3) is 3.41. The maximum atomic E-state index is 15.7. The topological polar surface area (TPSA) is 111 Å². The van der Waals surface area contributed by atoms with Crippen molar-refractivity contribution < 1.29 is 13.9 Å². The molecule has 1 aliphatic heterocycles. The predicted octanol–water partition coefficient (Wildman–Crippen LogP) is 2.20. The highest BCUT2D eigenvalue weighted by atomic mass is 35.5. The first-order chi connectivity index (χ1) is 14.4. The molecule has 1 saturated heterocycles. The Morgan fingerprint density at radius 3 is 2.50 bits per heavy atom. The molecule has 0 atom stereocenters. The van der Waals surface area contributed by atoms with Crippen molar-refractivity contribution >= 4 is 34.1 Å². The van der Waals surface area contributed by atoms with Gasteiger partial charge in [-0.25, -0.2) is 14.4 Å². The minimum atomic E-state index is -0.706. The van der Waals surface area contributed by atoms with Gasteiger partial charge in [-0.1, -0.05) is 11.6 Å². The van der Waals surface area contributed by atoms with Gasteiger partial charge in [-0.15, -0.1) is 0 Å². The second-order valence-electron chi connectivity index (χ2n) is 6.80. The fraction of sp³-hybridized carbons (Fsp3) is 0.368. The highest BCUT2D eigenvalue weighted by Gasteiger charge is 2.27. The Labute approximate surface area is 177 Å². The minimum Gasteiger partial charge on any atom is -0.480 e. The van der Waals surface area contributed by atoms with Crippen molar-refractivity contribution in [2.24, 2.45) is 0 Å². The number of halogens is 2. The van der Waals surface area contributed by atoms with Crippen LogP contribution in [0.5, 0.6) is 11.9 Å². The van der Waals surface area contributed by atoms with Crippen LogP contribution in [0.3, 0.4) is 0 Å². The number of fused-ring (bicyclic) bond motifs is 1. The molecule has 11 heteroatoms. The zero-order valence-electron chi connectivity index (χ0n) is 16.8. The number of rotatable bonds is 4. The van der Waals surface area contributed by atoms with Crippen molar-refractivity contribution in [2.45, 2.75) is 6.92 Å². The van der Waals surface area contributed by atoms with E-state index in [1.54, 1.807) is 13.0 Å². The molecule has 0 amide bonds. The second-order valence-corrected chi connectivity index (χ2v) is 7.18. The number of pyridine rings is 2. The van der Waals surface area contributed by atoms with Crippen molar-refractivity contribution in [3.05, 3.63) is 22.5 Å². The number of anilines is 2. The summed E-state index contributed by atoms with van der Waals surface area (Å²) in [4.78, 5) is 19.3. The lowest BCUT2D eigenvalue weighted by Crippen LogP contribution is -2.44. The third-order valence-electron chi connectivity index (χ3n) is 4.89. The van der Waals surface area contributed by atoms with E-state index in [0.29, 0.717) is 29.9 Å². The van der Waals surface area contributed by atoms with E-state index in [9.17, 15) is 0 Å². The fourth-order valence-corrected chi connectivity index (χ4v) is 3.63. The molecule has 1 aliphatic rings. The van der Waals surface area contributed by atoms with Gasteiger partial charge >= 0.3 is 6.01 Å². The van der Waals surface area contributed by atoms with Crippen LogP contribution < -0.4 is 25.4 Å². The molecule has 0 saturated carbocycles. The monoisotopic (exact) mass is 433 g/mol. The quantitative estimate of drug-likeness (QED) is 0.639. The van der Waals surface area contributed by atoms with E-state index in [2.05, 4.69) is 25.3 Å². The number of piperazine rings is 1. The molecule has 4 heterocycles. The van der Waals surface area contributed by atoms with Crippen molar-refractivity contribution in [2.75, 3.05) is 51.0 Å². The normalized spacial score (nSPS) is 14.2. The van der Waals surface area contributed by atoms with Crippen LogP contribution in [0.25, 0.3) is 22.3 Å². The highest BCUT2D eigenvalue weighted by Crippen LogP contribution is 2.39. The Kier molecular flexibility index (Phi) is 5.44. The van der Waals surface area contributed by atoms with Crippen LogP contribution >= 0.6 is 11.6 Å². The van der Waals surface area contributed by atoms with Crippen molar-refractivity contribution in [1.29, 1.82) is 0 Å². The van der Waals surface area contributed by atoms with Gasteiger partial charge in [0.15, 0.2) is 5.82 Å². The van der Waals surface area contributed by atoms with Crippen LogP contribution in [0.15, 0.2) is 6.07 Å². The van der Waals surface area contributed by atoms with Crippen LogP contribution in [0.1, 0.15) is 5.56 Å². The summed E-state index contributed by atoms with van der Waals surface area (Å²) >= 11 is 6.39. The summed E-state index contributed by atoms with van der Waals surface area (Å²) in [6.07, 6.45) is 0. The molecule has 0 unspecified atom stereocenters. The first-order valence-corrected chi connectivity index (χ1v) is 9.70. The maximum absolute atomic E-state index is 15.7. The Morgan fingerprint density at radius 1 is 1.10 bits per heavy atom. The summed E-state index contributed by atoms with van der Waals surface area (Å²) in [5.41, 5.74) is 6.53.